The summed E-state index contributed by atoms with van der Waals surface area (Å²) in [5.41, 5.74) is 0.105. The first kappa shape index (κ1) is 21.2. The van der Waals surface area contributed by atoms with Crippen LogP contribution in [0.2, 0.25) is 0 Å². The Morgan fingerprint density at radius 3 is 2.48 bits per heavy atom. The number of epoxide rings is 1. The second-order valence-corrected chi connectivity index (χ2v) is 10.9. The van der Waals surface area contributed by atoms with Gasteiger partial charge in [0.25, 0.3) is 0 Å². The van der Waals surface area contributed by atoms with Crippen molar-refractivity contribution in [3.8, 4) is 0 Å². The zero-order valence-electron chi connectivity index (χ0n) is 19.1. The molecule has 1 heterocycles. The molecule has 1 aliphatic heterocycles. The highest BCUT2D eigenvalue weighted by Gasteiger charge is 2.80. The van der Waals surface area contributed by atoms with Gasteiger partial charge in [0.2, 0.25) is 0 Å². The summed E-state index contributed by atoms with van der Waals surface area (Å²) in [7, 11) is 0. The molecule has 31 heavy (non-hydrogen) atoms. The maximum absolute atomic E-state index is 12.6. The zero-order valence-corrected chi connectivity index (χ0v) is 19.1. The standard InChI is InChI=1S/C25H34O6/c1-14(26)21-12-22-25(31-22)20-6-5-17-11-18(30-16(3)28)7-9-23(17,4)19(20)8-10-24(21,25)13-29-15(2)27/h12,17-20,22H,5-11,13H2,1-4H3. The maximum Gasteiger partial charge on any atom is 0.302 e. The molecule has 0 aromatic rings. The van der Waals surface area contributed by atoms with Crippen LogP contribution in [-0.4, -0.2) is 42.1 Å². The largest absolute Gasteiger partial charge is 0.465 e. The molecular formula is C25H34O6. The van der Waals surface area contributed by atoms with E-state index in [2.05, 4.69) is 6.92 Å². The van der Waals surface area contributed by atoms with E-state index in [9.17, 15) is 14.4 Å². The van der Waals surface area contributed by atoms with Gasteiger partial charge in [0.1, 0.15) is 24.4 Å². The number of ether oxygens (including phenoxy) is 3. The lowest BCUT2D eigenvalue weighted by Gasteiger charge is -2.60. The van der Waals surface area contributed by atoms with Crippen LogP contribution in [0.15, 0.2) is 11.6 Å². The molecule has 4 aliphatic carbocycles. The van der Waals surface area contributed by atoms with Crippen molar-refractivity contribution in [3.63, 3.8) is 0 Å². The van der Waals surface area contributed by atoms with E-state index in [1.54, 1.807) is 6.92 Å². The minimum atomic E-state index is -0.505. The Balaban J connectivity index is 1.44. The Bertz CT molecular complexity index is 862. The summed E-state index contributed by atoms with van der Waals surface area (Å²) in [6.45, 7) is 7.22. The van der Waals surface area contributed by atoms with Crippen molar-refractivity contribution in [1.82, 2.24) is 0 Å². The average molecular weight is 431 g/mol. The van der Waals surface area contributed by atoms with Gasteiger partial charge in [0.15, 0.2) is 5.78 Å². The van der Waals surface area contributed by atoms with Crippen molar-refractivity contribution in [1.29, 1.82) is 0 Å². The van der Waals surface area contributed by atoms with Crippen LogP contribution in [0.4, 0.5) is 0 Å². The van der Waals surface area contributed by atoms with Crippen molar-refractivity contribution in [2.75, 3.05) is 6.61 Å². The molecule has 6 nitrogen and oxygen atoms in total. The predicted molar refractivity (Wildman–Crippen MR) is 112 cm³/mol. The van der Waals surface area contributed by atoms with E-state index >= 15 is 0 Å². The van der Waals surface area contributed by atoms with Gasteiger partial charge in [0.05, 0.1) is 5.41 Å². The first-order chi connectivity index (χ1) is 14.6. The number of carbonyl (C=O) groups excluding carboxylic acids is 3. The highest BCUT2D eigenvalue weighted by atomic mass is 16.6. The predicted octanol–water partition coefficient (Wildman–Crippen LogP) is 3.76. The Hall–Kier alpha value is -1.69. The van der Waals surface area contributed by atoms with Crippen molar-refractivity contribution in [2.45, 2.75) is 90.4 Å². The lowest BCUT2D eigenvalue weighted by molar-refractivity contribution is -0.167. The molecule has 0 bridgehead atoms. The molecule has 0 radical (unpaired) electrons. The fourth-order valence-electron chi connectivity index (χ4n) is 8.31. The summed E-state index contributed by atoms with van der Waals surface area (Å²) in [5.74, 6) is 1.00. The van der Waals surface area contributed by atoms with Gasteiger partial charge in [-0.15, -0.1) is 0 Å². The number of esters is 2. The number of rotatable bonds is 4. The van der Waals surface area contributed by atoms with Gasteiger partial charge in [-0.05, 0) is 81.1 Å². The van der Waals surface area contributed by atoms with Crippen LogP contribution in [0.25, 0.3) is 0 Å². The Kier molecular flexibility index (Phi) is 4.71. The minimum absolute atomic E-state index is 0.0349. The SMILES string of the molecule is CC(=O)OCC12CCC3C(CCC4CC(OC(C)=O)CCC43C)C13OC3C=C2C(C)=O. The summed E-state index contributed by atoms with van der Waals surface area (Å²) in [6, 6.07) is 0. The molecule has 170 valence electrons. The molecule has 0 aromatic carbocycles. The zero-order chi connectivity index (χ0) is 22.2. The topological polar surface area (TPSA) is 82.2 Å². The molecular weight excluding hydrogens is 396 g/mol. The summed E-state index contributed by atoms with van der Waals surface area (Å²) < 4.78 is 17.6. The van der Waals surface area contributed by atoms with Crippen LogP contribution in [0.1, 0.15) is 72.6 Å². The molecule has 3 saturated carbocycles. The van der Waals surface area contributed by atoms with E-state index < -0.39 is 11.0 Å². The molecule has 1 saturated heterocycles. The van der Waals surface area contributed by atoms with Gasteiger partial charge in [-0.2, -0.15) is 0 Å². The smallest absolute Gasteiger partial charge is 0.302 e. The molecule has 0 aromatic heterocycles. The van der Waals surface area contributed by atoms with E-state index in [1.165, 1.54) is 13.8 Å². The molecule has 8 atom stereocenters. The van der Waals surface area contributed by atoms with E-state index in [-0.39, 0.29) is 42.0 Å². The first-order valence-electron chi connectivity index (χ1n) is 11.9. The molecule has 4 fully saturated rings. The van der Waals surface area contributed by atoms with Crippen molar-refractivity contribution < 1.29 is 28.6 Å². The number of fused-ring (bicyclic) bond motifs is 3. The van der Waals surface area contributed by atoms with Crippen LogP contribution < -0.4 is 0 Å². The van der Waals surface area contributed by atoms with E-state index in [4.69, 9.17) is 14.2 Å². The first-order valence-corrected chi connectivity index (χ1v) is 11.9. The van der Waals surface area contributed by atoms with Gasteiger partial charge in [-0.25, -0.2) is 0 Å². The third kappa shape index (κ3) is 2.82. The minimum Gasteiger partial charge on any atom is -0.465 e. The maximum atomic E-state index is 12.6. The van der Waals surface area contributed by atoms with Crippen molar-refractivity contribution in [2.24, 2.45) is 28.6 Å². The van der Waals surface area contributed by atoms with Crippen LogP contribution in [0.5, 0.6) is 0 Å². The molecule has 8 unspecified atom stereocenters. The summed E-state index contributed by atoms with van der Waals surface area (Å²) >= 11 is 0. The molecule has 1 spiro atoms. The number of hydrogen-bond donors (Lipinski definition) is 0. The lowest BCUT2D eigenvalue weighted by Crippen LogP contribution is -2.60. The average Bonchev–Trinajstić information content (AvgIpc) is 3.33. The van der Waals surface area contributed by atoms with E-state index in [0.29, 0.717) is 17.8 Å². The molecule has 5 rings (SSSR count). The normalized spacial score (nSPS) is 47.1. The number of carbonyl (C=O) groups is 3. The molecule has 5 aliphatic rings. The summed E-state index contributed by atoms with van der Waals surface area (Å²) in [4.78, 5) is 35.7. The van der Waals surface area contributed by atoms with Crippen molar-refractivity contribution in [3.05, 3.63) is 11.6 Å². The van der Waals surface area contributed by atoms with Gasteiger partial charge >= 0.3 is 11.9 Å². The number of hydrogen-bond acceptors (Lipinski definition) is 6. The van der Waals surface area contributed by atoms with Crippen molar-refractivity contribution >= 4 is 17.7 Å². The van der Waals surface area contributed by atoms with E-state index in [1.807, 2.05) is 6.08 Å². The fraction of sp³-hybridized carbons (Fsp3) is 0.800. The quantitative estimate of drug-likeness (QED) is 0.499. The molecule has 0 amide bonds. The monoisotopic (exact) mass is 430 g/mol. The van der Waals surface area contributed by atoms with E-state index in [0.717, 1.165) is 50.5 Å². The lowest BCUT2D eigenvalue weighted by atomic mass is 9.44. The highest BCUT2D eigenvalue weighted by Crippen LogP contribution is 2.74. The molecule has 6 heteroatoms. The summed E-state index contributed by atoms with van der Waals surface area (Å²) in [5, 5.41) is 0. The van der Waals surface area contributed by atoms with Gasteiger partial charge in [-0.1, -0.05) is 6.92 Å². The Labute approximate surface area is 184 Å². The molecule has 0 N–H and O–H groups in total. The van der Waals surface area contributed by atoms with Crippen LogP contribution in [-0.2, 0) is 28.6 Å². The number of ketones is 1. The third-order valence-electron chi connectivity index (χ3n) is 9.58. The second-order valence-electron chi connectivity index (χ2n) is 10.9. The van der Waals surface area contributed by atoms with Gasteiger partial charge in [-0.3, -0.25) is 14.4 Å². The van der Waals surface area contributed by atoms with Crippen LogP contribution in [0.3, 0.4) is 0 Å². The summed E-state index contributed by atoms with van der Waals surface area (Å²) in [6.07, 6.45) is 8.93. The third-order valence-corrected chi connectivity index (χ3v) is 9.58. The second kappa shape index (κ2) is 6.90. The highest BCUT2D eigenvalue weighted by molar-refractivity contribution is 5.96. The Morgan fingerprint density at radius 2 is 1.81 bits per heavy atom. The van der Waals surface area contributed by atoms with Gasteiger partial charge in [0, 0.05) is 19.4 Å². The van der Waals surface area contributed by atoms with Crippen LogP contribution >= 0.6 is 0 Å². The van der Waals surface area contributed by atoms with Gasteiger partial charge < -0.3 is 14.2 Å². The Morgan fingerprint density at radius 1 is 1.03 bits per heavy atom. The number of Topliss-reactive ketones (excluding diaryl/α,β-unsaturated/α-hetero) is 1. The fourth-order valence-corrected chi connectivity index (χ4v) is 8.31. The van der Waals surface area contributed by atoms with Crippen LogP contribution in [0, 0.1) is 28.6 Å².